The molecule has 0 saturated heterocycles. The Hall–Kier alpha value is -3.59. The standard InChI is InChI=1S/C23H25N5O3S/c1-4-12-28(14-17-8-10-20(31-3)11-9-17)22(30)18-6-5-7-19(13-18)25-21(29)15-32-23-26-24-16-27(23)2/h4-11,13,16H,1,12,14-15H2,2-3H3,(H,25,29). The summed E-state index contributed by atoms with van der Waals surface area (Å²) in [6.45, 7) is 4.59. The maximum Gasteiger partial charge on any atom is 0.254 e. The number of carbonyl (C=O) groups is 2. The zero-order valence-electron chi connectivity index (χ0n) is 18.0. The Morgan fingerprint density at radius 2 is 2.03 bits per heavy atom. The van der Waals surface area contributed by atoms with Crippen molar-refractivity contribution in [1.29, 1.82) is 0 Å². The molecule has 8 nitrogen and oxygen atoms in total. The second-order valence-corrected chi connectivity index (χ2v) is 7.91. The van der Waals surface area contributed by atoms with Crippen LogP contribution in [0.4, 0.5) is 5.69 Å². The molecule has 32 heavy (non-hydrogen) atoms. The van der Waals surface area contributed by atoms with Crippen LogP contribution in [0.15, 0.2) is 72.7 Å². The summed E-state index contributed by atoms with van der Waals surface area (Å²) in [6, 6.07) is 14.5. The minimum atomic E-state index is -0.191. The fourth-order valence-corrected chi connectivity index (χ4v) is 3.66. The van der Waals surface area contributed by atoms with Crippen molar-refractivity contribution in [3.63, 3.8) is 0 Å². The van der Waals surface area contributed by atoms with Gasteiger partial charge in [0.2, 0.25) is 5.91 Å². The van der Waals surface area contributed by atoms with E-state index in [9.17, 15) is 9.59 Å². The number of aryl methyl sites for hydroxylation is 1. The van der Waals surface area contributed by atoms with Crippen molar-refractivity contribution < 1.29 is 14.3 Å². The van der Waals surface area contributed by atoms with E-state index in [4.69, 9.17) is 4.74 Å². The van der Waals surface area contributed by atoms with Gasteiger partial charge in [-0.25, -0.2) is 0 Å². The van der Waals surface area contributed by atoms with Gasteiger partial charge in [0.1, 0.15) is 12.1 Å². The Kier molecular flexibility index (Phi) is 8.04. The van der Waals surface area contributed by atoms with Crippen LogP contribution in [0.25, 0.3) is 0 Å². The number of carbonyl (C=O) groups excluding carboxylic acids is 2. The number of anilines is 1. The third-order valence-electron chi connectivity index (χ3n) is 4.56. The van der Waals surface area contributed by atoms with Gasteiger partial charge < -0.3 is 19.5 Å². The number of nitrogens with one attached hydrogen (secondary N) is 1. The van der Waals surface area contributed by atoms with Crippen LogP contribution in [-0.2, 0) is 18.4 Å². The minimum Gasteiger partial charge on any atom is -0.497 e. The number of hydrogen-bond donors (Lipinski definition) is 1. The molecule has 2 amide bonds. The Balaban J connectivity index is 1.65. The van der Waals surface area contributed by atoms with Gasteiger partial charge in [-0.1, -0.05) is 36.0 Å². The quantitative estimate of drug-likeness (QED) is 0.375. The monoisotopic (exact) mass is 451 g/mol. The second-order valence-electron chi connectivity index (χ2n) is 6.96. The van der Waals surface area contributed by atoms with E-state index < -0.39 is 0 Å². The molecule has 3 rings (SSSR count). The van der Waals surface area contributed by atoms with Crippen molar-refractivity contribution in [2.45, 2.75) is 11.7 Å². The third-order valence-corrected chi connectivity index (χ3v) is 5.60. The lowest BCUT2D eigenvalue weighted by Crippen LogP contribution is -2.30. The van der Waals surface area contributed by atoms with Crippen LogP contribution in [-0.4, -0.2) is 50.9 Å². The Labute approximate surface area is 191 Å². The number of methoxy groups -OCH3 is 1. The third kappa shape index (κ3) is 6.21. The summed E-state index contributed by atoms with van der Waals surface area (Å²) in [5, 5.41) is 11.2. The van der Waals surface area contributed by atoms with Crippen LogP contribution in [0.2, 0.25) is 0 Å². The van der Waals surface area contributed by atoms with E-state index >= 15 is 0 Å². The molecule has 1 N–H and O–H groups in total. The van der Waals surface area contributed by atoms with Crippen LogP contribution in [0.1, 0.15) is 15.9 Å². The Morgan fingerprint density at radius 1 is 1.25 bits per heavy atom. The van der Waals surface area contributed by atoms with Gasteiger partial charge in [0, 0.05) is 31.4 Å². The lowest BCUT2D eigenvalue weighted by Gasteiger charge is -2.22. The highest BCUT2D eigenvalue weighted by Gasteiger charge is 2.16. The molecule has 0 spiro atoms. The zero-order valence-corrected chi connectivity index (χ0v) is 18.8. The lowest BCUT2D eigenvalue weighted by atomic mass is 10.1. The van der Waals surface area contributed by atoms with E-state index in [1.807, 2.05) is 31.3 Å². The molecular formula is C23H25N5O3S. The molecule has 0 bridgehead atoms. The highest BCUT2D eigenvalue weighted by Crippen LogP contribution is 2.18. The molecule has 1 heterocycles. The highest BCUT2D eigenvalue weighted by atomic mass is 32.2. The van der Waals surface area contributed by atoms with Gasteiger partial charge in [0.05, 0.1) is 12.9 Å². The topological polar surface area (TPSA) is 89.3 Å². The second kappa shape index (κ2) is 11.1. The van der Waals surface area contributed by atoms with Gasteiger partial charge in [-0.2, -0.15) is 0 Å². The van der Waals surface area contributed by atoms with Crippen molar-refractivity contribution in [3.8, 4) is 5.75 Å². The number of benzene rings is 2. The summed E-state index contributed by atoms with van der Waals surface area (Å²) in [7, 11) is 3.43. The first-order valence-corrected chi connectivity index (χ1v) is 10.9. The molecule has 0 aliphatic carbocycles. The summed E-state index contributed by atoms with van der Waals surface area (Å²) in [6.07, 6.45) is 3.27. The number of hydrogen-bond acceptors (Lipinski definition) is 6. The number of amides is 2. The molecule has 0 aliphatic rings. The predicted molar refractivity (Wildman–Crippen MR) is 125 cm³/mol. The van der Waals surface area contributed by atoms with E-state index in [0.717, 1.165) is 11.3 Å². The minimum absolute atomic E-state index is 0.148. The molecule has 0 atom stereocenters. The first-order chi connectivity index (χ1) is 15.5. The SMILES string of the molecule is C=CCN(Cc1ccc(OC)cc1)C(=O)c1cccc(NC(=O)CSc2nncn2C)c1. The fraction of sp³-hybridized carbons (Fsp3) is 0.217. The highest BCUT2D eigenvalue weighted by molar-refractivity contribution is 7.99. The van der Waals surface area contributed by atoms with E-state index in [1.54, 1.807) is 53.2 Å². The first-order valence-electron chi connectivity index (χ1n) is 9.90. The maximum atomic E-state index is 13.1. The molecule has 2 aromatic carbocycles. The van der Waals surface area contributed by atoms with Crippen LogP contribution < -0.4 is 10.1 Å². The summed E-state index contributed by atoms with van der Waals surface area (Å²) in [4.78, 5) is 27.2. The van der Waals surface area contributed by atoms with Gasteiger partial charge in [-0.15, -0.1) is 16.8 Å². The smallest absolute Gasteiger partial charge is 0.254 e. The van der Waals surface area contributed by atoms with Gasteiger partial charge >= 0.3 is 0 Å². The summed E-state index contributed by atoms with van der Waals surface area (Å²) < 4.78 is 6.93. The number of nitrogens with zero attached hydrogens (tertiary/aromatic N) is 4. The molecule has 9 heteroatoms. The first kappa shape index (κ1) is 23.1. The molecule has 166 valence electrons. The van der Waals surface area contributed by atoms with Gasteiger partial charge in [0.15, 0.2) is 5.16 Å². The zero-order chi connectivity index (χ0) is 22.9. The van der Waals surface area contributed by atoms with Crippen LogP contribution in [0.3, 0.4) is 0 Å². The summed E-state index contributed by atoms with van der Waals surface area (Å²) in [5.74, 6) is 0.607. The molecule has 0 fully saturated rings. The summed E-state index contributed by atoms with van der Waals surface area (Å²) in [5.41, 5.74) is 2.02. The molecule has 0 aliphatic heterocycles. The van der Waals surface area contributed by atoms with Gasteiger partial charge in [-0.3, -0.25) is 9.59 Å². The molecule has 0 radical (unpaired) electrons. The normalized spacial score (nSPS) is 10.4. The molecule has 0 saturated carbocycles. The number of ether oxygens (including phenoxy) is 1. The van der Waals surface area contributed by atoms with Gasteiger partial charge in [0.25, 0.3) is 5.91 Å². The van der Waals surface area contributed by atoms with Crippen molar-refractivity contribution in [2.24, 2.45) is 7.05 Å². The summed E-state index contributed by atoms with van der Waals surface area (Å²) >= 11 is 1.29. The van der Waals surface area contributed by atoms with Crippen molar-refractivity contribution in [2.75, 3.05) is 24.7 Å². The van der Waals surface area contributed by atoms with Crippen molar-refractivity contribution in [3.05, 3.63) is 78.6 Å². The van der Waals surface area contributed by atoms with Crippen molar-refractivity contribution >= 4 is 29.3 Å². The fourth-order valence-electron chi connectivity index (χ4n) is 2.97. The van der Waals surface area contributed by atoms with Crippen LogP contribution in [0.5, 0.6) is 5.75 Å². The molecule has 3 aromatic rings. The van der Waals surface area contributed by atoms with E-state index in [1.165, 1.54) is 11.8 Å². The molecule has 1 aromatic heterocycles. The number of rotatable bonds is 10. The van der Waals surface area contributed by atoms with E-state index in [2.05, 4.69) is 22.1 Å². The van der Waals surface area contributed by atoms with Crippen LogP contribution >= 0.6 is 11.8 Å². The molecule has 0 unspecified atom stereocenters. The largest absolute Gasteiger partial charge is 0.497 e. The Bertz CT molecular complexity index is 1080. The Morgan fingerprint density at radius 3 is 2.69 bits per heavy atom. The van der Waals surface area contributed by atoms with E-state index in [-0.39, 0.29) is 17.6 Å². The lowest BCUT2D eigenvalue weighted by molar-refractivity contribution is -0.113. The maximum absolute atomic E-state index is 13.1. The number of thioether (sulfide) groups is 1. The number of aromatic nitrogens is 3. The van der Waals surface area contributed by atoms with E-state index in [0.29, 0.717) is 29.5 Å². The predicted octanol–water partition coefficient (Wildman–Crippen LogP) is 3.38. The molecular weight excluding hydrogens is 426 g/mol. The van der Waals surface area contributed by atoms with Crippen LogP contribution in [0, 0.1) is 0 Å². The average Bonchev–Trinajstić information content (AvgIpc) is 3.22. The van der Waals surface area contributed by atoms with Gasteiger partial charge in [-0.05, 0) is 35.9 Å². The van der Waals surface area contributed by atoms with Crippen molar-refractivity contribution in [1.82, 2.24) is 19.7 Å². The average molecular weight is 452 g/mol.